The molecule has 0 bridgehead atoms. The maximum absolute atomic E-state index is 11.9. The van der Waals surface area contributed by atoms with Crippen LogP contribution in [0.15, 0.2) is 0 Å². The summed E-state index contributed by atoms with van der Waals surface area (Å²) in [5, 5.41) is 0. The fourth-order valence-electron chi connectivity index (χ4n) is 1.42. The average Bonchev–Trinajstić information content (AvgIpc) is 2.43. The van der Waals surface area contributed by atoms with Gasteiger partial charge in [-0.2, -0.15) is 0 Å². The largest absolute Gasteiger partial charge is 0.312 e. The molecular weight excluding hydrogens is 187 g/mol. The summed E-state index contributed by atoms with van der Waals surface area (Å²) in [6.45, 7) is 0. The Morgan fingerprint density at radius 2 is 1.75 bits per heavy atom. The van der Waals surface area contributed by atoms with E-state index in [9.17, 15) is 4.57 Å². The van der Waals surface area contributed by atoms with Crippen LogP contribution in [0.5, 0.6) is 0 Å². The van der Waals surface area contributed by atoms with Crippen LogP contribution in [-0.4, -0.2) is 18.6 Å². The second kappa shape index (κ2) is 3.61. The molecule has 64 valence electrons. The van der Waals surface area contributed by atoms with Crippen molar-refractivity contribution in [1.29, 1.82) is 0 Å². The van der Waals surface area contributed by atoms with Crippen LogP contribution in [-0.2, 0) is 4.57 Å². The summed E-state index contributed by atoms with van der Waals surface area (Å²) in [5.74, 6) is 5.32. The molecule has 1 rings (SSSR count). The van der Waals surface area contributed by atoms with Crippen LogP contribution >= 0.6 is 17.7 Å². The summed E-state index contributed by atoms with van der Waals surface area (Å²) in [6.07, 6.45) is 11.7. The van der Waals surface area contributed by atoms with Gasteiger partial charge in [0.15, 0.2) is 0 Å². The van der Waals surface area contributed by atoms with E-state index in [1.807, 2.05) is 6.26 Å². The van der Waals surface area contributed by atoms with Crippen molar-refractivity contribution in [2.24, 2.45) is 11.8 Å². The molecule has 0 aliphatic carbocycles. The first-order valence-electron chi connectivity index (χ1n) is 3.71. The third kappa shape index (κ3) is 1.71. The molecule has 0 spiro atoms. The molecule has 3 heteroatoms. The lowest BCUT2D eigenvalue weighted by Gasteiger charge is -2.04. The Labute approximate surface area is 77.8 Å². The summed E-state index contributed by atoms with van der Waals surface area (Å²) >= 11 is 1.44. The van der Waals surface area contributed by atoms with Gasteiger partial charge in [0.05, 0.1) is 0 Å². The highest BCUT2D eigenvalue weighted by Crippen LogP contribution is 2.64. The summed E-state index contributed by atoms with van der Waals surface area (Å²) in [5.41, 5.74) is 0. The van der Waals surface area contributed by atoms with Crippen LogP contribution in [0.4, 0.5) is 0 Å². The number of hydrogen-bond acceptors (Lipinski definition) is 2. The third-order valence-corrected chi connectivity index (χ3v) is 7.65. The van der Waals surface area contributed by atoms with Crippen molar-refractivity contribution in [3.8, 4) is 24.7 Å². The second-order valence-corrected chi connectivity index (χ2v) is 8.72. The van der Waals surface area contributed by atoms with Gasteiger partial charge in [-0.05, 0) is 6.26 Å². The first-order chi connectivity index (χ1) is 5.65. The number of hydrogen-bond donors (Lipinski definition) is 0. The standard InChI is InChI=1S/C9H11OPS/c1-4-8-6-11(10,12-3)7-9(8)5-2/h1-2,8-9H,6-7H2,3H3. The maximum atomic E-state index is 11.9. The van der Waals surface area contributed by atoms with Crippen molar-refractivity contribution in [2.75, 3.05) is 18.6 Å². The molecule has 0 N–H and O–H groups in total. The van der Waals surface area contributed by atoms with Crippen LogP contribution in [0, 0.1) is 36.5 Å². The summed E-state index contributed by atoms with van der Waals surface area (Å²) < 4.78 is 11.9. The van der Waals surface area contributed by atoms with Crippen LogP contribution in [0.3, 0.4) is 0 Å². The summed E-state index contributed by atoms with van der Waals surface area (Å²) in [6, 6.07) is 0. The van der Waals surface area contributed by atoms with Gasteiger partial charge in [-0.1, -0.05) is 11.4 Å². The van der Waals surface area contributed by atoms with Gasteiger partial charge in [0.2, 0.25) is 0 Å². The van der Waals surface area contributed by atoms with Crippen molar-refractivity contribution in [2.45, 2.75) is 0 Å². The van der Waals surface area contributed by atoms with Gasteiger partial charge in [0.1, 0.15) is 6.34 Å². The zero-order chi connectivity index (χ0) is 9.19. The lowest BCUT2D eigenvalue weighted by Crippen LogP contribution is -2.06. The molecular formula is C9H11OPS. The quantitative estimate of drug-likeness (QED) is 0.474. The van der Waals surface area contributed by atoms with E-state index < -0.39 is 6.34 Å². The fraction of sp³-hybridized carbons (Fsp3) is 0.556. The third-order valence-electron chi connectivity index (χ3n) is 2.20. The monoisotopic (exact) mass is 198 g/mol. The van der Waals surface area contributed by atoms with E-state index in [0.717, 1.165) is 0 Å². The van der Waals surface area contributed by atoms with Gasteiger partial charge in [0, 0.05) is 24.2 Å². The molecule has 1 heterocycles. The SMILES string of the molecule is C#CC1CP(=O)(SC)CC1C#C. The smallest absolute Gasteiger partial charge is 0.141 e. The minimum Gasteiger partial charge on any atom is -0.312 e. The van der Waals surface area contributed by atoms with Crippen LogP contribution in [0.1, 0.15) is 0 Å². The minimum atomic E-state index is -2.06. The molecule has 1 aliphatic heterocycles. The van der Waals surface area contributed by atoms with Crippen LogP contribution in [0.2, 0.25) is 0 Å². The Kier molecular flexibility index (Phi) is 2.94. The predicted octanol–water partition coefficient (Wildman–Crippen LogP) is 2.14. The Morgan fingerprint density at radius 3 is 2.00 bits per heavy atom. The molecule has 0 aromatic carbocycles. The van der Waals surface area contributed by atoms with Gasteiger partial charge >= 0.3 is 0 Å². The highest BCUT2D eigenvalue weighted by atomic mass is 32.7. The Bertz CT molecular complexity index is 271. The molecule has 0 amide bonds. The summed E-state index contributed by atoms with van der Waals surface area (Å²) in [4.78, 5) is 0. The van der Waals surface area contributed by atoms with Crippen molar-refractivity contribution in [3.63, 3.8) is 0 Å². The minimum absolute atomic E-state index is 0.0354. The van der Waals surface area contributed by atoms with E-state index in [1.54, 1.807) is 0 Å². The van der Waals surface area contributed by atoms with Gasteiger partial charge < -0.3 is 4.57 Å². The highest BCUT2D eigenvalue weighted by molar-refractivity contribution is 8.57. The molecule has 2 atom stereocenters. The molecule has 1 nitrogen and oxygen atoms in total. The van der Waals surface area contributed by atoms with Gasteiger partial charge in [-0.25, -0.2) is 0 Å². The fourth-order valence-corrected chi connectivity index (χ4v) is 5.64. The summed E-state index contributed by atoms with van der Waals surface area (Å²) in [7, 11) is 0. The van der Waals surface area contributed by atoms with Gasteiger partial charge in [-0.3, -0.25) is 0 Å². The Morgan fingerprint density at radius 1 is 1.33 bits per heavy atom. The molecule has 0 radical (unpaired) electrons. The predicted molar refractivity (Wildman–Crippen MR) is 55.5 cm³/mol. The van der Waals surface area contributed by atoms with Crippen molar-refractivity contribution < 1.29 is 4.57 Å². The lowest BCUT2D eigenvalue weighted by atomic mass is 9.98. The average molecular weight is 198 g/mol. The molecule has 1 saturated heterocycles. The first-order valence-corrected chi connectivity index (χ1v) is 7.62. The first kappa shape index (κ1) is 9.79. The topological polar surface area (TPSA) is 17.1 Å². The van der Waals surface area contributed by atoms with E-state index in [0.29, 0.717) is 12.3 Å². The van der Waals surface area contributed by atoms with E-state index in [-0.39, 0.29) is 11.8 Å². The molecule has 1 fully saturated rings. The van der Waals surface area contributed by atoms with Crippen molar-refractivity contribution in [1.82, 2.24) is 0 Å². The number of terminal acetylenes is 2. The van der Waals surface area contributed by atoms with Crippen LogP contribution < -0.4 is 0 Å². The lowest BCUT2D eigenvalue weighted by molar-refractivity contribution is 0.588. The normalized spacial score (nSPS) is 40.2. The van der Waals surface area contributed by atoms with Crippen molar-refractivity contribution >= 4 is 17.7 Å². The van der Waals surface area contributed by atoms with E-state index in [2.05, 4.69) is 11.8 Å². The highest BCUT2D eigenvalue weighted by Gasteiger charge is 2.39. The maximum Gasteiger partial charge on any atom is 0.141 e. The van der Waals surface area contributed by atoms with Crippen LogP contribution in [0.25, 0.3) is 0 Å². The molecule has 0 aromatic rings. The zero-order valence-electron chi connectivity index (χ0n) is 6.99. The van der Waals surface area contributed by atoms with Gasteiger partial charge in [-0.15, -0.1) is 24.7 Å². The van der Waals surface area contributed by atoms with Gasteiger partial charge in [0.25, 0.3) is 0 Å². The van der Waals surface area contributed by atoms with E-state index in [4.69, 9.17) is 12.8 Å². The molecule has 0 aromatic heterocycles. The Balaban J connectivity index is 2.82. The molecule has 12 heavy (non-hydrogen) atoms. The zero-order valence-corrected chi connectivity index (χ0v) is 8.70. The van der Waals surface area contributed by atoms with Crippen molar-refractivity contribution in [3.05, 3.63) is 0 Å². The van der Waals surface area contributed by atoms with E-state index in [1.165, 1.54) is 11.4 Å². The molecule has 2 unspecified atom stereocenters. The molecule has 1 aliphatic rings. The second-order valence-electron chi connectivity index (χ2n) is 2.91. The number of rotatable bonds is 1. The Hall–Kier alpha value is -0.300. The molecule has 0 saturated carbocycles. The van der Waals surface area contributed by atoms with E-state index >= 15 is 0 Å².